The van der Waals surface area contributed by atoms with Crippen LogP contribution in [0.2, 0.25) is 0 Å². The molecule has 0 bridgehead atoms. The van der Waals surface area contributed by atoms with Crippen molar-refractivity contribution in [1.82, 2.24) is 4.90 Å². The summed E-state index contributed by atoms with van der Waals surface area (Å²) >= 11 is 0. The molecule has 1 aliphatic rings. The van der Waals surface area contributed by atoms with Crippen LogP contribution in [0.25, 0.3) is 0 Å². The quantitative estimate of drug-likeness (QED) is 0.755. The van der Waals surface area contributed by atoms with Crippen LogP contribution in [0.5, 0.6) is 0 Å². The second-order valence-electron chi connectivity index (χ2n) is 7.51. The van der Waals surface area contributed by atoms with Gasteiger partial charge >= 0.3 is 0 Å². The topological polar surface area (TPSA) is 29.3 Å². The number of hydrogen-bond acceptors (Lipinski definition) is 2. The Balaban J connectivity index is 2.39. The Kier molecular flexibility index (Phi) is 6.82. The van der Waals surface area contributed by atoms with Gasteiger partial charge in [0.1, 0.15) is 0 Å². The predicted octanol–water partition coefficient (Wildman–Crippen LogP) is 4.04. The van der Waals surface area contributed by atoms with E-state index < -0.39 is 0 Å². The van der Waals surface area contributed by atoms with Crippen LogP contribution in [0.15, 0.2) is 0 Å². The van der Waals surface area contributed by atoms with Gasteiger partial charge in [0.2, 0.25) is 0 Å². The van der Waals surface area contributed by atoms with Crippen LogP contribution in [-0.2, 0) is 0 Å². The standard InChI is InChI=1S/C17H36N2/c1-6-16-10-9-14(2)19(16)13-7-8-15(11-12-18)17(3,4)5/h14-16H,6-13,18H2,1-5H3. The van der Waals surface area contributed by atoms with Crippen LogP contribution in [0.3, 0.4) is 0 Å². The minimum absolute atomic E-state index is 0.403. The molecule has 1 saturated heterocycles. The van der Waals surface area contributed by atoms with Gasteiger partial charge in [0.05, 0.1) is 0 Å². The van der Waals surface area contributed by atoms with Gasteiger partial charge in [-0.15, -0.1) is 0 Å². The zero-order valence-electron chi connectivity index (χ0n) is 13.9. The van der Waals surface area contributed by atoms with Crippen molar-refractivity contribution in [1.29, 1.82) is 0 Å². The summed E-state index contributed by atoms with van der Waals surface area (Å²) in [5, 5.41) is 0. The van der Waals surface area contributed by atoms with Crippen LogP contribution in [0.4, 0.5) is 0 Å². The van der Waals surface area contributed by atoms with Gasteiger partial charge in [-0.2, -0.15) is 0 Å². The highest BCUT2D eigenvalue weighted by molar-refractivity contribution is 4.84. The van der Waals surface area contributed by atoms with Crippen LogP contribution in [0.1, 0.15) is 73.1 Å². The van der Waals surface area contributed by atoms with Crippen LogP contribution < -0.4 is 5.73 Å². The van der Waals surface area contributed by atoms with E-state index in [1.54, 1.807) is 0 Å². The number of nitrogens with zero attached hydrogens (tertiary/aromatic N) is 1. The average Bonchev–Trinajstić information content (AvgIpc) is 2.68. The molecule has 0 amide bonds. The van der Waals surface area contributed by atoms with E-state index in [2.05, 4.69) is 39.5 Å². The van der Waals surface area contributed by atoms with Crippen molar-refractivity contribution in [2.24, 2.45) is 17.1 Å². The average molecular weight is 268 g/mol. The molecule has 1 fully saturated rings. The van der Waals surface area contributed by atoms with Gasteiger partial charge in [0.15, 0.2) is 0 Å². The van der Waals surface area contributed by atoms with Gasteiger partial charge in [-0.25, -0.2) is 0 Å². The summed E-state index contributed by atoms with van der Waals surface area (Å²) in [5.74, 6) is 0.774. The molecule has 1 heterocycles. The van der Waals surface area contributed by atoms with Crippen molar-refractivity contribution >= 4 is 0 Å². The fourth-order valence-electron chi connectivity index (χ4n) is 3.70. The van der Waals surface area contributed by atoms with E-state index in [1.165, 1.54) is 45.1 Å². The molecule has 3 atom stereocenters. The highest BCUT2D eigenvalue weighted by Crippen LogP contribution is 2.33. The molecule has 0 aromatic carbocycles. The van der Waals surface area contributed by atoms with E-state index in [0.717, 1.165) is 24.5 Å². The molecule has 114 valence electrons. The second kappa shape index (κ2) is 7.64. The number of nitrogens with two attached hydrogens (primary N) is 1. The molecule has 0 aromatic rings. The maximum absolute atomic E-state index is 5.78. The second-order valence-corrected chi connectivity index (χ2v) is 7.51. The minimum atomic E-state index is 0.403. The first-order chi connectivity index (χ1) is 8.90. The highest BCUT2D eigenvalue weighted by Gasteiger charge is 2.29. The van der Waals surface area contributed by atoms with Crippen molar-refractivity contribution in [2.75, 3.05) is 13.1 Å². The smallest absolute Gasteiger partial charge is 0.00960 e. The van der Waals surface area contributed by atoms with Crippen molar-refractivity contribution in [3.8, 4) is 0 Å². The van der Waals surface area contributed by atoms with Crippen molar-refractivity contribution in [3.63, 3.8) is 0 Å². The molecule has 0 saturated carbocycles. The highest BCUT2D eigenvalue weighted by atomic mass is 15.2. The monoisotopic (exact) mass is 268 g/mol. The molecule has 2 N–H and O–H groups in total. The third-order valence-electron chi connectivity index (χ3n) is 5.13. The van der Waals surface area contributed by atoms with Crippen LogP contribution in [0, 0.1) is 11.3 Å². The van der Waals surface area contributed by atoms with Gasteiger partial charge in [-0.05, 0) is 69.9 Å². The normalized spacial score (nSPS) is 26.8. The Hall–Kier alpha value is -0.0800. The summed E-state index contributed by atoms with van der Waals surface area (Å²) in [5.41, 5.74) is 6.18. The van der Waals surface area contributed by atoms with E-state index in [-0.39, 0.29) is 0 Å². The first kappa shape index (κ1) is 17.0. The first-order valence-corrected chi connectivity index (χ1v) is 8.36. The molecule has 1 aliphatic heterocycles. The fourth-order valence-corrected chi connectivity index (χ4v) is 3.70. The van der Waals surface area contributed by atoms with Crippen LogP contribution in [-0.4, -0.2) is 30.1 Å². The van der Waals surface area contributed by atoms with Crippen molar-refractivity contribution in [2.45, 2.75) is 85.2 Å². The number of hydrogen-bond donors (Lipinski definition) is 1. The summed E-state index contributed by atoms with van der Waals surface area (Å²) in [6, 6.07) is 1.64. The largest absolute Gasteiger partial charge is 0.330 e. The summed E-state index contributed by atoms with van der Waals surface area (Å²) in [7, 11) is 0. The van der Waals surface area contributed by atoms with E-state index in [4.69, 9.17) is 5.73 Å². The molecule has 2 nitrogen and oxygen atoms in total. The SMILES string of the molecule is CCC1CCC(C)N1CCCC(CCN)C(C)(C)C. The summed E-state index contributed by atoms with van der Waals surface area (Å²) in [6.07, 6.45) is 7.96. The van der Waals surface area contributed by atoms with Gasteiger partial charge < -0.3 is 5.73 Å². The molecule has 0 aromatic heterocycles. The van der Waals surface area contributed by atoms with E-state index in [9.17, 15) is 0 Å². The van der Waals surface area contributed by atoms with Gasteiger partial charge in [-0.3, -0.25) is 4.90 Å². The van der Waals surface area contributed by atoms with E-state index in [1.807, 2.05) is 0 Å². The summed E-state index contributed by atoms with van der Waals surface area (Å²) in [6.45, 7) is 13.9. The number of likely N-dealkylation sites (tertiary alicyclic amines) is 1. The zero-order chi connectivity index (χ0) is 14.5. The van der Waals surface area contributed by atoms with Gasteiger partial charge in [0, 0.05) is 12.1 Å². The maximum atomic E-state index is 5.78. The molecular formula is C17H36N2. The Morgan fingerprint density at radius 1 is 1.21 bits per heavy atom. The Morgan fingerprint density at radius 3 is 2.42 bits per heavy atom. The predicted molar refractivity (Wildman–Crippen MR) is 85.3 cm³/mol. The zero-order valence-corrected chi connectivity index (χ0v) is 13.9. The molecule has 1 rings (SSSR count). The van der Waals surface area contributed by atoms with Crippen LogP contribution >= 0.6 is 0 Å². The Labute approximate surface area is 121 Å². The minimum Gasteiger partial charge on any atom is -0.330 e. The summed E-state index contributed by atoms with van der Waals surface area (Å²) < 4.78 is 0. The molecule has 2 heteroatoms. The fraction of sp³-hybridized carbons (Fsp3) is 1.00. The van der Waals surface area contributed by atoms with E-state index in [0.29, 0.717) is 5.41 Å². The lowest BCUT2D eigenvalue weighted by atomic mass is 9.76. The Morgan fingerprint density at radius 2 is 1.89 bits per heavy atom. The van der Waals surface area contributed by atoms with Crippen molar-refractivity contribution < 1.29 is 0 Å². The lowest BCUT2D eigenvalue weighted by Gasteiger charge is -2.32. The molecule has 0 aliphatic carbocycles. The lowest BCUT2D eigenvalue weighted by Crippen LogP contribution is -2.35. The lowest BCUT2D eigenvalue weighted by molar-refractivity contribution is 0.167. The van der Waals surface area contributed by atoms with Gasteiger partial charge in [0.25, 0.3) is 0 Å². The van der Waals surface area contributed by atoms with Crippen molar-refractivity contribution in [3.05, 3.63) is 0 Å². The third-order valence-corrected chi connectivity index (χ3v) is 5.13. The first-order valence-electron chi connectivity index (χ1n) is 8.36. The van der Waals surface area contributed by atoms with Gasteiger partial charge in [-0.1, -0.05) is 27.7 Å². The molecule has 0 spiro atoms. The Bertz CT molecular complexity index is 242. The molecule has 3 unspecified atom stereocenters. The molecular weight excluding hydrogens is 232 g/mol. The summed E-state index contributed by atoms with van der Waals surface area (Å²) in [4.78, 5) is 2.75. The molecule has 0 radical (unpaired) electrons. The van der Waals surface area contributed by atoms with E-state index >= 15 is 0 Å². The third kappa shape index (κ3) is 5.07. The maximum Gasteiger partial charge on any atom is 0.00960 e. The number of rotatable bonds is 7. The molecule has 19 heavy (non-hydrogen) atoms.